The fourth-order valence-electron chi connectivity index (χ4n) is 4.35. The van der Waals surface area contributed by atoms with E-state index in [4.69, 9.17) is 4.74 Å². The molecule has 0 N–H and O–H groups in total. The van der Waals surface area contributed by atoms with E-state index in [1.165, 1.54) is 0 Å². The van der Waals surface area contributed by atoms with E-state index in [2.05, 4.69) is 20.4 Å². The van der Waals surface area contributed by atoms with E-state index >= 15 is 0 Å². The first-order valence-electron chi connectivity index (χ1n) is 6.71. The van der Waals surface area contributed by atoms with Crippen molar-refractivity contribution in [3.63, 3.8) is 0 Å². The molecule has 1 aliphatic heterocycles. The summed E-state index contributed by atoms with van der Waals surface area (Å²) in [6, 6.07) is 0. The topological polar surface area (TPSA) is 46.7 Å². The average molecular weight is 248 g/mol. The van der Waals surface area contributed by atoms with Gasteiger partial charge in [-0.05, 0) is 35.7 Å². The van der Waals surface area contributed by atoms with Crippen molar-refractivity contribution >= 4 is 12.6 Å². The number of rotatable bonds is 3. The molecule has 3 rings (SSSR count). The fraction of sp³-hybridized carbons (Fsp3) is 0.733. The van der Waals surface area contributed by atoms with Gasteiger partial charge in [0.25, 0.3) is 0 Å². The van der Waals surface area contributed by atoms with E-state index in [9.17, 15) is 9.59 Å². The van der Waals surface area contributed by atoms with Crippen LogP contribution in [0.2, 0.25) is 0 Å². The zero-order valence-electron chi connectivity index (χ0n) is 11.0. The molecule has 1 spiro atoms. The number of fused-ring (bicyclic) bond motifs is 1. The molecule has 0 aromatic heterocycles. The Hall–Kier alpha value is -0.960. The van der Waals surface area contributed by atoms with Crippen molar-refractivity contribution in [1.29, 1.82) is 0 Å². The number of ether oxygens (including phenoxy) is 1. The molecule has 5 unspecified atom stereocenters. The molecule has 0 bridgehead atoms. The number of hydrogen-bond acceptors (Lipinski definition) is 3. The highest BCUT2D eigenvalue weighted by Gasteiger charge is 2.69. The van der Waals surface area contributed by atoms with E-state index in [0.717, 1.165) is 25.4 Å². The minimum Gasteiger partial charge on any atom is -0.369 e. The maximum Gasteiger partial charge on any atom is 0.145 e. The van der Waals surface area contributed by atoms with Gasteiger partial charge < -0.3 is 9.53 Å². The summed E-state index contributed by atoms with van der Waals surface area (Å²) in [5.74, 6) is 0.802. The molecule has 3 fully saturated rings. The summed E-state index contributed by atoms with van der Waals surface area (Å²) < 4.78 is 5.59. The van der Waals surface area contributed by atoms with Crippen LogP contribution in [0.4, 0.5) is 0 Å². The first-order valence-corrected chi connectivity index (χ1v) is 6.71. The van der Waals surface area contributed by atoms with Crippen molar-refractivity contribution < 1.29 is 14.3 Å². The van der Waals surface area contributed by atoms with Gasteiger partial charge in [-0.1, -0.05) is 20.4 Å². The molecule has 0 radical (unpaired) electrons. The molecular formula is C15H20O3. The normalized spacial score (nSPS) is 47.9. The fourth-order valence-corrected chi connectivity index (χ4v) is 4.35. The third kappa shape index (κ3) is 1.40. The van der Waals surface area contributed by atoms with Gasteiger partial charge in [0.15, 0.2) is 0 Å². The van der Waals surface area contributed by atoms with E-state index in [1.54, 1.807) is 0 Å². The minimum absolute atomic E-state index is 0.0231. The molecule has 1 heterocycles. The van der Waals surface area contributed by atoms with Crippen LogP contribution in [0.5, 0.6) is 0 Å². The Morgan fingerprint density at radius 1 is 1.39 bits per heavy atom. The maximum absolute atomic E-state index is 11.5. The predicted octanol–water partition coefficient (Wildman–Crippen LogP) is 2.01. The highest BCUT2D eigenvalue weighted by molar-refractivity contribution is 5.75. The van der Waals surface area contributed by atoms with Crippen LogP contribution in [-0.2, 0) is 14.3 Å². The Kier molecular flexibility index (Phi) is 2.37. The lowest BCUT2D eigenvalue weighted by Crippen LogP contribution is -2.35. The summed E-state index contributed by atoms with van der Waals surface area (Å²) in [6.07, 6.45) is 3.88. The lowest BCUT2D eigenvalue weighted by molar-refractivity contribution is -0.115. The van der Waals surface area contributed by atoms with Gasteiger partial charge in [-0.25, -0.2) is 0 Å². The highest BCUT2D eigenvalue weighted by Crippen LogP contribution is 2.70. The van der Waals surface area contributed by atoms with Gasteiger partial charge in [0.05, 0.1) is 12.5 Å². The van der Waals surface area contributed by atoms with E-state index in [1.807, 2.05) is 0 Å². The minimum atomic E-state index is -0.276. The number of epoxide rings is 1. The van der Waals surface area contributed by atoms with Crippen molar-refractivity contribution in [2.75, 3.05) is 6.61 Å². The third-order valence-corrected chi connectivity index (χ3v) is 5.64. The molecule has 2 aliphatic carbocycles. The quantitative estimate of drug-likeness (QED) is 0.436. The Bertz CT molecular complexity index is 419. The van der Waals surface area contributed by atoms with E-state index < -0.39 is 0 Å². The van der Waals surface area contributed by atoms with Gasteiger partial charge in [0.2, 0.25) is 0 Å². The van der Waals surface area contributed by atoms with Crippen LogP contribution in [0, 0.1) is 29.1 Å². The van der Waals surface area contributed by atoms with Crippen LogP contribution in [0.15, 0.2) is 12.2 Å². The molecule has 18 heavy (non-hydrogen) atoms. The molecule has 5 atom stereocenters. The second-order valence-electron chi connectivity index (χ2n) is 6.73. The van der Waals surface area contributed by atoms with Gasteiger partial charge >= 0.3 is 0 Å². The van der Waals surface area contributed by atoms with Gasteiger partial charge in [-0.3, -0.25) is 4.79 Å². The zero-order chi connectivity index (χ0) is 13.1. The second kappa shape index (κ2) is 3.53. The second-order valence-corrected chi connectivity index (χ2v) is 6.73. The first kappa shape index (κ1) is 12.1. The van der Waals surface area contributed by atoms with Gasteiger partial charge in [-0.2, -0.15) is 0 Å². The summed E-state index contributed by atoms with van der Waals surface area (Å²) >= 11 is 0. The first-order chi connectivity index (χ1) is 8.48. The van der Waals surface area contributed by atoms with Crippen LogP contribution in [0.3, 0.4) is 0 Å². The van der Waals surface area contributed by atoms with Gasteiger partial charge in [0, 0.05) is 5.92 Å². The van der Waals surface area contributed by atoms with Gasteiger partial charge in [-0.15, -0.1) is 0 Å². The molecule has 98 valence electrons. The molecule has 3 heteroatoms. The molecule has 0 amide bonds. The average Bonchev–Trinajstić information content (AvgIpc) is 3.21. The SMILES string of the molecule is C=C(C=O)C1C(C=O)C2(CCC3C1C3(C)C)CO2. The highest BCUT2D eigenvalue weighted by atomic mass is 16.6. The summed E-state index contributed by atoms with van der Waals surface area (Å²) in [7, 11) is 0. The Labute approximate surface area is 108 Å². The largest absolute Gasteiger partial charge is 0.369 e. The molecule has 3 aliphatic rings. The lowest BCUT2D eigenvalue weighted by Gasteiger charge is -2.28. The van der Waals surface area contributed by atoms with Gasteiger partial charge in [0.1, 0.15) is 18.2 Å². The summed E-state index contributed by atoms with van der Waals surface area (Å²) in [5.41, 5.74) is 0.528. The molecule has 3 nitrogen and oxygen atoms in total. The number of hydrogen-bond donors (Lipinski definition) is 0. The standard InChI is InChI=1S/C15H20O3/c1-9(6-16)12-11(7-17)15(8-18-15)5-4-10-13(12)14(10,2)3/h6-7,10-13H,1,4-5,8H2,2-3H3. The molecular weight excluding hydrogens is 228 g/mol. The smallest absolute Gasteiger partial charge is 0.145 e. The predicted molar refractivity (Wildman–Crippen MR) is 66.9 cm³/mol. The van der Waals surface area contributed by atoms with Crippen molar-refractivity contribution in [2.45, 2.75) is 32.3 Å². The monoisotopic (exact) mass is 248 g/mol. The van der Waals surface area contributed by atoms with Crippen LogP contribution < -0.4 is 0 Å². The van der Waals surface area contributed by atoms with Crippen molar-refractivity contribution in [3.8, 4) is 0 Å². The number of aldehydes is 2. The van der Waals surface area contributed by atoms with Crippen LogP contribution >= 0.6 is 0 Å². The van der Waals surface area contributed by atoms with Crippen molar-refractivity contribution in [2.24, 2.45) is 29.1 Å². The lowest BCUT2D eigenvalue weighted by atomic mass is 9.74. The Balaban J connectivity index is 1.99. The van der Waals surface area contributed by atoms with Crippen LogP contribution in [0.25, 0.3) is 0 Å². The molecule has 0 aromatic carbocycles. The van der Waals surface area contributed by atoms with Crippen LogP contribution in [-0.4, -0.2) is 24.8 Å². The zero-order valence-corrected chi connectivity index (χ0v) is 11.0. The summed E-state index contributed by atoms with van der Waals surface area (Å²) in [4.78, 5) is 22.7. The maximum atomic E-state index is 11.5. The molecule has 2 saturated carbocycles. The third-order valence-electron chi connectivity index (χ3n) is 5.64. The van der Waals surface area contributed by atoms with Crippen LogP contribution in [0.1, 0.15) is 26.7 Å². The molecule has 0 aromatic rings. The van der Waals surface area contributed by atoms with E-state index in [0.29, 0.717) is 24.0 Å². The van der Waals surface area contributed by atoms with E-state index in [-0.39, 0.29) is 22.9 Å². The summed E-state index contributed by atoms with van der Waals surface area (Å²) in [5, 5.41) is 0. The Morgan fingerprint density at radius 2 is 2.06 bits per heavy atom. The number of carbonyl (C=O) groups excluding carboxylic acids is 2. The van der Waals surface area contributed by atoms with Crippen molar-refractivity contribution in [1.82, 2.24) is 0 Å². The number of carbonyl (C=O) groups is 2. The number of allylic oxidation sites excluding steroid dienone is 1. The molecule has 1 saturated heterocycles. The van der Waals surface area contributed by atoms with Crippen molar-refractivity contribution in [3.05, 3.63) is 12.2 Å². The Morgan fingerprint density at radius 3 is 2.56 bits per heavy atom. The summed E-state index contributed by atoms with van der Waals surface area (Å²) in [6.45, 7) is 9.03.